The van der Waals surface area contributed by atoms with Crippen molar-refractivity contribution in [1.82, 2.24) is 9.80 Å². The molecular weight excluding hydrogens is 408 g/mol. The third-order valence-corrected chi connectivity index (χ3v) is 6.10. The maximum Gasteiger partial charge on any atom is 0.242 e. The van der Waals surface area contributed by atoms with E-state index in [-0.39, 0.29) is 18.4 Å². The average Bonchev–Trinajstić information content (AvgIpc) is 3.29. The number of rotatable bonds is 15. The molecule has 0 N–H and O–H groups in total. The van der Waals surface area contributed by atoms with E-state index in [1.165, 1.54) is 12.8 Å². The van der Waals surface area contributed by atoms with Crippen LogP contribution in [0.1, 0.15) is 55.9 Å². The lowest BCUT2D eigenvalue weighted by Gasteiger charge is -2.27. The summed E-state index contributed by atoms with van der Waals surface area (Å²) in [6.07, 6.45) is 5.97. The fraction of sp³-hybridized carbons (Fsp3) is 0.520. The van der Waals surface area contributed by atoms with Crippen molar-refractivity contribution >= 4 is 23.2 Å². The number of hydrogen-bond acceptors (Lipinski definition) is 4. The second-order valence-corrected chi connectivity index (χ2v) is 8.82. The van der Waals surface area contributed by atoms with Crippen LogP contribution in [0, 0.1) is 0 Å². The maximum absolute atomic E-state index is 13.3. The third-order valence-electron chi connectivity index (χ3n) is 5.23. The van der Waals surface area contributed by atoms with Crippen LogP contribution < -0.4 is 0 Å². The molecule has 1 aromatic carbocycles. The van der Waals surface area contributed by atoms with Gasteiger partial charge in [0, 0.05) is 31.5 Å². The first-order valence-electron chi connectivity index (χ1n) is 11.2. The Morgan fingerprint density at radius 2 is 1.68 bits per heavy atom. The van der Waals surface area contributed by atoms with E-state index in [9.17, 15) is 9.59 Å². The molecule has 2 rings (SSSR count). The molecule has 5 nitrogen and oxygen atoms in total. The highest BCUT2D eigenvalue weighted by Crippen LogP contribution is 2.16. The van der Waals surface area contributed by atoms with Crippen molar-refractivity contribution in [2.75, 3.05) is 26.8 Å². The van der Waals surface area contributed by atoms with Crippen LogP contribution in [0.2, 0.25) is 0 Å². The molecule has 0 unspecified atom stereocenters. The Bertz CT molecular complexity index is 749. The van der Waals surface area contributed by atoms with Crippen LogP contribution in [0.3, 0.4) is 0 Å². The van der Waals surface area contributed by atoms with Crippen LogP contribution in [0.4, 0.5) is 0 Å². The van der Waals surface area contributed by atoms with Gasteiger partial charge in [-0.1, -0.05) is 69.0 Å². The molecule has 1 heterocycles. The normalized spacial score (nSPS) is 10.8. The zero-order valence-corrected chi connectivity index (χ0v) is 19.7. The molecule has 0 fully saturated rings. The highest BCUT2D eigenvalue weighted by Gasteiger charge is 2.21. The lowest BCUT2D eigenvalue weighted by molar-refractivity contribution is -0.141. The number of nitrogens with zero attached hydrogens (tertiary/aromatic N) is 2. The predicted octanol–water partition coefficient (Wildman–Crippen LogP) is 5.11. The van der Waals surface area contributed by atoms with Crippen LogP contribution in [-0.4, -0.2) is 48.4 Å². The minimum Gasteiger partial charge on any atom is -0.383 e. The van der Waals surface area contributed by atoms with Crippen molar-refractivity contribution in [2.45, 2.75) is 58.5 Å². The number of carbonyl (C=O) groups is 2. The Morgan fingerprint density at radius 3 is 2.35 bits per heavy atom. The van der Waals surface area contributed by atoms with Crippen molar-refractivity contribution in [2.24, 2.45) is 0 Å². The summed E-state index contributed by atoms with van der Waals surface area (Å²) in [4.78, 5) is 30.7. The summed E-state index contributed by atoms with van der Waals surface area (Å²) >= 11 is 1.64. The number of unbranched alkanes of at least 4 members (excludes halogenated alkanes) is 4. The molecular formula is C25H36N2O3S. The van der Waals surface area contributed by atoms with Gasteiger partial charge in [-0.15, -0.1) is 11.3 Å². The number of amides is 2. The van der Waals surface area contributed by atoms with Crippen molar-refractivity contribution in [3.8, 4) is 0 Å². The van der Waals surface area contributed by atoms with Crippen LogP contribution in [-0.2, 0) is 27.4 Å². The number of thiophene rings is 1. The molecule has 6 heteroatoms. The van der Waals surface area contributed by atoms with E-state index < -0.39 is 0 Å². The average molecular weight is 445 g/mol. The van der Waals surface area contributed by atoms with Gasteiger partial charge < -0.3 is 14.5 Å². The molecule has 0 bridgehead atoms. The lowest BCUT2D eigenvalue weighted by Crippen LogP contribution is -2.43. The van der Waals surface area contributed by atoms with Crippen LogP contribution in [0.5, 0.6) is 0 Å². The minimum absolute atomic E-state index is 0.0345. The Balaban J connectivity index is 2.01. The largest absolute Gasteiger partial charge is 0.383 e. The van der Waals surface area contributed by atoms with Gasteiger partial charge in [0.2, 0.25) is 11.8 Å². The molecule has 1 aromatic heterocycles. The highest BCUT2D eigenvalue weighted by molar-refractivity contribution is 7.09. The summed E-state index contributed by atoms with van der Waals surface area (Å²) in [5.74, 6) is 0.00497. The number of hydrogen-bond donors (Lipinski definition) is 0. The Morgan fingerprint density at radius 1 is 0.903 bits per heavy atom. The molecule has 0 radical (unpaired) electrons. The van der Waals surface area contributed by atoms with Gasteiger partial charge in [0.05, 0.1) is 19.7 Å². The molecule has 0 atom stereocenters. The summed E-state index contributed by atoms with van der Waals surface area (Å²) in [6.45, 7) is 4.22. The Labute approximate surface area is 191 Å². The number of methoxy groups -OCH3 is 1. The molecule has 0 aliphatic heterocycles. The summed E-state index contributed by atoms with van der Waals surface area (Å²) < 4.78 is 5.19. The molecule has 0 spiro atoms. The highest BCUT2D eigenvalue weighted by atomic mass is 32.1. The molecule has 0 saturated heterocycles. The first kappa shape index (κ1) is 25.1. The van der Waals surface area contributed by atoms with Gasteiger partial charge in [0.25, 0.3) is 0 Å². The Hall–Kier alpha value is -2.18. The maximum atomic E-state index is 13.3. The second kappa shape index (κ2) is 14.8. The zero-order chi connectivity index (χ0) is 22.3. The van der Waals surface area contributed by atoms with E-state index in [0.29, 0.717) is 32.7 Å². The molecule has 170 valence electrons. The zero-order valence-electron chi connectivity index (χ0n) is 18.9. The lowest BCUT2D eigenvalue weighted by atomic mass is 10.1. The number of benzene rings is 1. The van der Waals surface area contributed by atoms with Crippen LogP contribution in [0.15, 0.2) is 47.8 Å². The van der Waals surface area contributed by atoms with Crippen molar-refractivity contribution in [1.29, 1.82) is 0 Å². The van der Waals surface area contributed by atoms with E-state index in [4.69, 9.17) is 4.74 Å². The van der Waals surface area contributed by atoms with E-state index >= 15 is 0 Å². The quantitative estimate of drug-likeness (QED) is 0.359. The fourth-order valence-electron chi connectivity index (χ4n) is 3.42. The molecule has 2 aromatic rings. The standard InChI is InChI=1S/C25H36N2O3S/c1-3-4-5-6-10-15-24(28)26(16-17-30-2)21-25(29)27(20-23-14-11-18-31-23)19-22-12-8-7-9-13-22/h7-9,11-14,18H,3-6,10,15-17,19-21H2,1-2H3. The SMILES string of the molecule is CCCCCCCC(=O)N(CCOC)CC(=O)N(Cc1ccccc1)Cc1cccs1. The Kier molecular flexibility index (Phi) is 11.9. The molecule has 2 amide bonds. The van der Waals surface area contributed by atoms with Gasteiger partial charge in [-0.05, 0) is 23.4 Å². The van der Waals surface area contributed by atoms with Gasteiger partial charge in [-0.3, -0.25) is 9.59 Å². The fourth-order valence-corrected chi connectivity index (χ4v) is 4.14. The molecule has 0 aliphatic rings. The van der Waals surface area contributed by atoms with E-state index in [2.05, 4.69) is 6.92 Å². The molecule has 31 heavy (non-hydrogen) atoms. The van der Waals surface area contributed by atoms with Gasteiger partial charge in [-0.25, -0.2) is 0 Å². The van der Waals surface area contributed by atoms with Gasteiger partial charge in [0.1, 0.15) is 0 Å². The van der Waals surface area contributed by atoms with Gasteiger partial charge in [0.15, 0.2) is 0 Å². The smallest absolute Gasteiger partial charge is 0.242 e. The van der Waals surface area contributed by atoms with E-state index in [1.807, 2.05) is 52.7 Å². The van der Waals surface area contributed by atoms with E-state index in [1.54, 1.807) is 23.3 Å². The van der Waals surface area contributed by atoms with Crippen LogP contribution >= 0.6 is 11.3 Å². The first-order chi connectivity index (χ1) is 15.1. The molecule has 0 saturated carbocycles. The monoisotopic (exact) mass is 444 g/mol. The first-order valence-corrected chi connectivity index (χ1v) is 12.1. The topological polar surface area (TPSA) is 49.9 Å². The van der Waals surface area contributed by atoms with Crippen molar-refractivity contribution in [3.63, 3.8) is 0 Å². The van der Waals surface area contributed by atoms with Crippen LogP contribution in [0.25, 0.3) is 0 Å². The summed E-state index contributed by atoms with van der Waals surface area (Å²) in [5, 5.41) is 2.02. The van der Waals surface area contributed by atoms with E-state index in [0.717, 1.165) is 29.7 Å². The van der Waals surface area contributed by atoms with Gasteiger partial charge >= 0.3 is 0 Å². The van der Waals surface area contributed by atoms with Crippen molar-refractivity contribution in [3.05, 3.63) is 58.3 Å². The molecule has 0 aliphatic carbocycles. The third kappa shape index (κ3) is 9.66. The predicted molar refractivity (Wildman–Crippen MR) is 127 cm³/mol. The minimum atomic E-state index is -0.0345. The summed E-state index contributed by atoms with van der Waals surface area (Å²) in [7, 11) is 1.62. The number of ether oxygens (including phenoxy) is 1. The summed E-state index contributed by atoms with van der Waals surface area (Å²) in [6, 6.07) is 14.0. The second-order valence-electron chi connectivity index (χ2n) is 7.79. The van der Waals surface area contributed by atoms with Crippen molar-refractivity contribution < 1.29 is 14.3 Å². The van der Waals surface area contributed by atoms with Gasteiger partial charge in [-0.2, -0.15) is 0 Å². The number of carbonyl (C=O) groups excluding carboxylic acids is 2. The summed E-state index contributed by atoms with van der Waals surface area (Å²) in [5.41, 5.74) is 1.08.